The Morgan fingerprint density at radius 1 is 1.35 bits per heavy atom. The maximum Gasteiger partial charge on any atom is 0.313 e. The second-order valence-electron chi connectivity index (χ2n) is 3.91. The van der Waals surface area contributed by atoms with Crippen LogP contribution in [0.25, 0.3) is 0 Å². The van der Waals surface area contributed by atoms with Crippen molar-refractivity contribution >= 4 is 23.1 Å². The number of halogens is 1. The van der Waals surface area contributed by atoms with Gasteiger partial charge in [-0.25, -0.2) is 4.98 Å². The third-order valence-corrected chi connectivity index (χ3v) is 2.68. The minimum Gasteiger partial charge on any atom is -0.449 e. The lowest BCUT2D eigenvalue weighted by atomic mass is 10.2. The van der Waals surface area contributed by atoms with Crippen LogP contribution in [-0.2, 0) is 0 Å². The molecule has 0 aliphatic rings. The van der Waals surface area contributed by atoms with Gasteiger partial charge in [0.25, 0.3) is 0 Å². The first-order valence-corrected chi connectivity index (χ1v) is 5.94. The summed E-state index contributed by atoms with van der Waals surface area (Å²) in [5.74, 6) is 0.172. The Morgan fingerprint density at radius 3 is 2.65 bits per heavy atom. The number of carbonyl (C=O) groups is 1. The minimum atomic E-state index is -0.585. The van der Waals surface area contributed by atoms with E-state index in [0.717, 1.165) is 0 Å². The maximum absolute atomic E-state index is 11.1. The second kappa shape index (κ2) is 5.66. The van der Waals surface area contributed by atoms with Crippen LogP contribution in [0.15, 0.2) is 36.5 Å². The van der Waals surface area contributed by atoms with Crippen LogP contribution in [-0.4, -0.2) is 15.7 Å². The van der Waals surface area contributed by atoms with E-state index in [1.807, 2.05) is 0 Å². The molecule has 0 N–H and O–H groups in total. The number of hydrogen-bond donors (Lipinski definition) is 0. The van der Waals surface area contributed by atoms with Gasteiger partial charge in [0.1, 0.15) is 11.4 Å². The van der Waals surface area contributed by atoms with Gasteiger partial charge >= 0.3 is 5.69 Å². The fourth-order valence-corrected chi connectivity index (χ4v) is 1.66. The Bertz CT molecular complexity index is 671. The van der Waals surface area contributed by atoms with Gasteiger partial charge < -0.3 is 4.74 Å². The van der Waals surface area contributed by atoms with Gasteiger partial charge in [0, 0.05) is 18.0 Å². The van der Waals surface area contributed by atoms with Gasteiger partial charge in [-0.3, -0.25) is 14.9 Å². The first-order valence-electron chi connectivity index (χ1n) is 5.56. The highest BCUT2D eigenvalue weighted by Crippen LogP contribution is 2.33. The van der Waals surface area contributed by atoms with E-state index in [2.05, 4.69) is 4.98 Å². The molecule has 0 fully saturated rings. The highest BCUT2D eigenvalue weighted by atomic mass is 35.5. The summed E-state index contributed by atoms with van der Waals surface area (Å²) in [6, 6.07) is 7.09. The first kappa shape index (κ1) is 14.0. The summed E-state index contributed by atoms with van der Waals surface area (Å²) in [6.45, 7) is 1.40. The van der Waals surface area contributed by atoms with Gasteiger partial charge in [-0.05, 0) is 24.3 Å². The Labute approximate surface area is 119 Å². The summed E-state index contributed by atoms with van der Waals surface area (Å²) in [6.07, 6.45) is 1.33. The van der Waals surface area contributed by atoms with E-state index in [1.54, 1.807) is 0 Å². The van der Waals surface area contributed by atoms with Crippen LogP contribution < -0.4 is 4.74 Å². The zero-order valence-corrected chi connectivity index (χ0v) is 11.1. The third-order valence-electron chi connectivity index (χ3n) is 2.44. The Morgan fingerprint density at radius 2 is 2.10 bits per heavy atom. The van der Waals surface area contributed by atoms with Crippen LogP contribution in [0, 0.1) is 10.1 Å². The van der Waals surface area contributed by atoms with Crippen molar-refractivity contribution in [1.82, 2.24) is 4.98 Å². The van der Waals surface area contributed by atoms with Gasteiger partial charge in [0.2, 0.25) is 5.75 Å². The number of aromatic nitrogens is 1. The average Bonchev–Trinajstić information content (AvgIpc) is 2.41. The van der Waals surface area contributed by atoms with Crippen LogP contribution in [0.1, 0.15) is 17.4 Å². The van der Waals surface area contributed by atoms with Crippen molar-refractivity contribution in [2.75, 3.05) is 0 Å². The number of nitro benzene ring substituents is 1. The number of rotatable bonds is 4. The lowest BCUT2D eigenvalue weighted by Crippen LogP contribution is -1.97. The fourth-order valence-electron chi connectivity index (χ4n) is 1.50. The highest BCUT2D eigenvalue weighted by molar-refractivity contribution is 6.30. The number of hydrogen-bond acceptors (Lipinski definition) is 5. The smallest absolute Gasteiger partial charge is 0.313 e. The lowest BCUT2D eigenvalue weighted by Gasteiger charge is -2.06. The van der Waals surface area contributed by atoms with Gasteiger partial charge in [-0.15, -0.1) is 0 Å². The number of ketones is 1. The summed E-state index contributed by atoms with van der Waals surface area (Å²) in [5.41, 5.74) is 0.0519. The minimum absolute atomic E-state index is 0.0526. The standard InChI is InChI=1S/C13H9ClN2O4/c1-8(17)11-4-3-10(7-15-11)20-13-5-2-9(14)6-12(13)16(18)19/h2-7H,1H3. The number of ether oxygens (including phenoxy) is 1. The number of benzene rings is 1. The molecule has 0 aliphatic heterocycles. The normalized spacial score (nSPS) is 10.1. The van der Waals surface area contributed by atoms with Crippen LogP contribution in [0.2, 0.25) is 5.02 Å². The van der Waals surface area contributed by atoms with Crippen molar-refractivity contribution < 1.29 is 14.5 Å². The van der Waals surface area contributed by atoms with Gasteiger partial charge in [0.15, 0.2) is 5.78 Å². The predicted octanol–water partition coefficient (Wildman–Crippen LogP) is 3.64. The molecule has 0 bridgehead atoms. The number of carbonyl (C=O) groups excluding carboxylic acids is 1. The number of Topliss-reactive ketones (excluding diaryl/α,β-unsaturated/α-hetero) is 1. The summed E-state index contributed by atoms with van der Waals surface area (Å²) in [7, 11) is 0. The summed E-state index contributed by atoms with van der Waals surface area (Å²) < 4.78 is 5.39. The van der Waals surface area contributed by atoms with Gasteiger partial charge in [-0.1, -0.05) is 11.6 Å². The first-order chi connectivity index (χ1) is 9.47. The van der Waals surface area contributed by atoms with E-state index in [4.69, 9.17) is 16.3 Å². The van der Waals surface area contributed by atoms with E-state index < -0.39 is 4.92 Å². The Hall–Kier alpha value is -2.47. The molecule has 20 heavy (non-hydrogen) atoms. The topological polar surface area (TPSA) is 82.3 Å². The molecular formula is C13H9ClN2O4. The van der Waals surface area contributed by atoms with Gasteiger partial charge in [-0.2, -0.15) is 0 Å². The highest BCUT2D eigenvalue weighted by Gasteiger charge is 2.16. The molecule has 2 aromatic rings. The van der Waals surface area contributed by atoms with Crippen LogP contribution in [0.3, 0.4) is 0 Å². The summed E-state index contributed by atoms with van der Waals surface area (Å²) >= 11 is 5.71. The Balaban J connectivity index is 2.30. The molecule has 0 spiro atoms. The zero-order chi connectivity index (χ0) is 14.7. The van der Waals surface area contributed by atoms with Crippen molar-refractivity contribution in [3.8, 4) is 11.5 Å². The van der Waals surface area contributed by atoms with Crippen LogP contribution in [0.5, 0.6) is 11.5 Å². The van der Waals surface area contributed by atoms with E-state index in [9.17, 15) is 14.9 Å². The van der Waals surface area contributed by atoms with Crippen LogP contribution in [0.4, 0.5) is 5.69 Å². The summed E-state index contributed by atoms with van der Waals surface area (Å²) in [5, 5.41) is 11.2. The van der Waals surface area contributed by atoms with E-state index in [1.165, 1.54) is 43.5 Å². The molecule has 1 aromatic carbocycles. The molecule has 0 atom stereocenters. The SMILES string of the molecule is CC(=O)c1ccc(Oc2ccc(Cl)cc2[N+](=O)[O-])cn1. The molecule has 1 heterocycles. The quantitative estimate of drug-likeness (QED) is 0.488. The predicted molar refractivity (Wildman–Crippen MR) is 72.4 cm³/mol. The molecule has 7 heteroatoms. The molecular weight excluding hydrogens is 284 g/mol. The third kappa shape index (κ3) is 3.10. The largest absolute Gasteiger partial charge is 0.449 e. The molecule has 6 nitrogen and oxygen atoms in total. The summed E-state index contributed by atoms with van der Waals surface area (Å²) in [4.78, 5) is 25.3. The van der Waals surface area contributed by atoms with Crippen LogP contribution >= 0.6 is 11.6 Å². The molecule has 0 saturated heterocycles. The molecule has 102 valence electrons. The number of nitro groups is 1. The number of nitrogens with zero attached hydrogens (tertiary/aromatic N) is 2. The molecule has 2 rings (SSSR count). The van der Waals surface area contributed by atoms with Gasteiger partial charge in [0.05, 0.1) is 11.1 Å². The van der Waals surface area contributed by atoms with E-state index in [0.29, 0.717) is 11.4 Å². The molecule has 0 saturated carbocycles. The van der Waals surface area contributed by atoms with Crippen molar-refractivity contribution in [1.29, 1.82) is 0 Å². The molecule has 0 amide bonds. The average molecular weight is 293 g/mol. The molecule has 0 radical (unpaired) electrons. The van der Waals surface area contributed by atoms with Crippen molar-refractivity contribution in [3.05, 3.63) is 57.4 Å². The lowest BCUT2D eigenvalue weighted by molar-refractivity contribution is -0.385. The fraction of sp³-hybridized carbons (Fsp3) is 0.0769. The van der Waals surface area contributed by atoms with Crippen molar-refractivity contribution in [2.24, 2.45) is 0 Å². The molecule has 0 aliphatic carbocycles. The molecule has 0 unspecified atom stereocenters. The van der Waals surface area contributed by atoms with Crippen molar-refractivity contribution in [2.45, 2.75) is 6.92 Å². The number of pyridine rings is 1. The zero-order valence-electron chi connectivity index (χ0n) is 10.4. The van der Waals surface area contributed by atoms with E-state index >= 15 is 0 Å². The molecule has 1 aromatic heterocycles. The maximum atomic E-state index is 11.1. The Kier molecular flexibility index (Phi) is 3.95. The second-order valence-corrected chi connectivity index (χ2v) is 4.34. The van der Waals surface area contributed by atoms with E-state index in [-0.39, 0.29) is 22.2 Å². The monoisotopic (exact) mass is 292 g/mol. The van der Waals surface area contributed by atoms with Crippen molar-refractivity contribution in [3.63, 3.8) is 0 Å².